The molecule has 0 aliphatic carbocycles. The van der Waals surface area contributed by atoms with Crippen LogP contribution >= 0.6 is 0 Å². The van der Waals surface area contributed by atoms with Crippen LogP contribution in [-0.2, 0) is 4.79 Å². The number of para-hydroxylation sites is 1. The largest absolute Gasteiger partial charge is 0.451 e. The second-order valence-electron chi connectivity index (χ2n) is 6.09. The summed E-state index contributed by atoms with van der Waals surface area (Å²) in [6, 6.07) is 7.12. The molecule has 1 N–H and O–H groups in total. The lowest BCUT2D eigenvalue weighted by molar-refractivity contribution is -0.126. The van der Waals surface area contributed by atoms with Gasteiger partial charge in [-0.05, 0) is 18.6 Å². The monoisotopic (exact) mass is 341 g/mol. The van der Waals surface area contributed by atoms with Gasteiger partial charge in [-0.15, -0.1) is 0 Å². The maximum Gasteiger partial charge on any atom is 0.324 e. The van der Waals surface area contributed by atoms with Gasteiger partial charge in [0.25, 0.3) is 5.91 Å². The van der Waals surface area contributed by atoms with Crippen LogP contribution in [0.3, 0.4) is 0 Å². The molecule has 2 aliphatic heterocycles. The Morgan fingerprint density at radius 1 is 1.20 bits per heavy atom. The van der Waals surface area contributed by atoms with Gasteiger partial charge < -0.3 is 14.6 Å². The van der Waals surface area contributed by atoms with Gasteiger partial charge in [-0.1, -0.05) is 12.1 Å². The number of amides is 4. The van der Waals surface area contributed by atoms with E-state index in [1.807, 2.05) is 0 Å². The summed E-state index contributed by atoms with van der Waals surface area (Å²) in [4.78, 5) is 51.0. The van der Waals surface area contributed by atoms with Crippen molar-refractivity contribution < 1.29 is 18.8 Å². The van der Waals surface area contributed by atoms with Crippen molar-refractivity contribution in [2.75, 3.05) is 19.6 Å². The smallest absolute Gasteiger partial charge is 0.324 e. The lowest BCUT2D eigenvalue weighted by atomic mass is 10.2. The first-order valence-electron chi connectivity index (χ1n) is 7.96. The van der Waals surface area contributed by atoms with Crippen molar-refractivity contribution in [1.29, 1.82) is 0 Å². The average molecular weight is 341 g/mol. The van der Waals surface area contributed by atoms with E-state index in [9.17, 15) is 19.2 Å². The SMILES string of the molecule is O=C(c1cc(=O)c2ccccc2o1)N1CCC(N2C(=O)CNC2=O)C1. The van der Waals surface area contributed by atoms with Gasteiger partial charge in [0, 0.05) is 19.2 Å². The van der Waals surface area contributed by atoms with Crippen LogP contribution in [0.5, 0.6) is 0 Å². The van der Waals surface area contributed by atoms with Crippen LogP contribution in [0.2, 0.25) is 0 Å². The van der Waals surface area contributed by atoms with Gasteiger partial charge in [-0.25, -0.2) is 4.79 Å². The van der Waals surface area contributed by atoms with Gasteiger partial charge in [0.05, 0.1) is 18.0 Å². The van der Waals surface area contributed by atoms with Crippen molar-refractivity contribution in [3.8, 4) is 0 Å². The Balaban J connectivity index is 1.57. The highest BCUT2D eigenvalue weighted by atomic mass is 16.3. The van der Waals surface area contributed by atoms with Crippen molar-refractivity contribution in [3.63, 3.8) is 0 Å². The first kappa shape index (κ1) is 15.4. The Morgan fingerprint density at radius 2 is 2.00 bits per heavy atom. The third-order valence-corrected chi connectivity index (χ3v) is 4.54. The molecule has 4 amide bonds. The molecule has 2 fully saturated rings. The molecule has 8 nitrogen and oxygen atoms in total. The van der Waals surface area contributed by atoms with Crippen molar-refractivity contribution in [2.45, 2.75) is 12.5 Å². The number of carbonyl (C=O) groups is 3. The molecule has 2 aromatic rings. The van der Waals surface area contributed by atoms with E-state index in [2.05, 4.69) is 5.32 Å². The fourth-order valence-corrected chi connectivity index (χ4v) is 3.31. The standard InChI is InChI=1S/C17H15N3O5/c21-12-7-14(25-13-4-2-1-3-11(12)13)16(23)19-6-5-10(9-19)20-15(22)8-18-17(20)24/h1-4,7,10H,5-6,8-9H2,(H,18,24). The minimum Gasteiger partial charge on any atom is -0.451 e. The molecular formula is C17H15N3O5. The fraction of sp³-hybridized carbons (Fsp3) is 0.294. The van der Waals surface area contributed by atoms with Gasteiger partial charge in [-0.3, -0.25) is 19.3 Å². The zero-order chi connectivity index (χ0) is 17.6. The quantitative estimate of drug-likeness (QED) is 0.805. The number of carbonyl (C=O) groups excluding carboxylic acids is 3. The second kappa shape index (κ2) is 5.73. The Bertz CT molecular complexity index is 935. The highest BCUT2D eigenvalue weighted by molar-refractivity contribution is 6.02. The van der Waals surface area contributed by atoms with Crippen LogP contribution in [-0.4, -0.2) is 53.3 Å². The zero-order valence-corrected chi connectivity index (χ0v) is 13.2. The number of urea groups is 1. The van der Waals surface area contributed by atoms with Crippen molar-refractivity contribution in [2.24, 2.45) is 0 Å². The number of fused-ring (bicyclic) bond motifs is 1. The van der Waals surface area contributed by atoms with E-state index >= 15 is 0 Å². The van der Waals surface area contributed by atoms with Gasteiger partial charge in [0.2, 0.25) is 5.91 Å². The normalized spacial score (nSPS) is 20.4. The molecule has 2 saturated heterocycles. The van der Waals surface area contributed by atoms with Crippen LogP contribution in [0.4, 0.5) is 4.79 Å². The molecule has 25 heavy (non-hydrogen) atoms. The first-order valence-corrected chi connectivity index (χ1v) is 7.96. The molecule has 8 heteroatoms. The van der Waals surface area contributed by atoms with E-state index in [4.69, 9.17) is 4.42 Å². The summed E-state index contributed by atoms with van der Waals surface area (Å²) in [6.07, 6.45) is 0.503. The summed E-state index contributed by atoms with van der Waals surface area (Å²) >= 11 is 0. The number of nitrogens with one attached hydrogen (secondary N) is 1. The highest BCUT2D eigenvalue weighted by Crippen LogP contribution is 2.21. The zero-order valence-electron chi connectivity index (χ0n) is 13.2. The van der Waals surface area contributed by atoms with E-state index in [0.29, 0.717) is 23.9 Å². The second-order valence-corrected chi connectivity index (χ2v) is 6.09. The third kappa shape index (κ3) is 2.55. The van der Waals surface area contributed by atoms with E-state index < -0.39 is 11.9 Å². The van der Waals surface area contributed by atoms with E-state index in [1.54, 1.807) is 24.3 Å². The van der Waals surface area contributed by atoms with Crippen LogP contribution in [0.15, 0.2) is 39.5 Å². The van der Waals surface area contributed by atoms with Crippen LogP contribution in [0.25, 0.3) is 11.0 Å². The summed E-state index contributed by atoms with van der Waals surface area (Å²) < 4.78 is 5.57. The van der Waals surface area contributed by atoms with Crippen molar-refractivity contribution >= 4 is 28.8 Å². The molecule has 0 bridgehead atoms. The predicted molar refractivity (Wildman–Crippen MR) is 87.0 cm³/mol. The number of rotatable bonds is 2. The first-order chi connectivity index (χ1) is 12.0. The number of imide groups is 1. The van der Waals surface area contributed by atoms with E-state index in [-0.39, 0.29) is 36.2 Å². The van der Waals surface area contributed by atoms with Crippen LogP contribution in [0, 0.1) is 0 Å². The molecule has 3 heterocycles. The number of benzene rings is 1. The van der Waals surface area contributed by atoms with E-state index in [0.717, 1.165) is 0 Å². The molecule has 0 radical (unpaired) electrons. The minimum absolute atomic E-state index is 0.0111. The topological polar surface area (TPSA) is 99.9 Å². The van der Waals surface area contributed by atoms with Gasteiger partial charge in [-0.2, -0.15) is 0 Å². The number of hydrogen-bond donors (Lipinski definition) is 1. The molecule has 0 saturated carbocycles. The summed E-state index contributed by atoms with van der Waals surface area (Å²) in [5, 5.41) is 2.89. The Morgan fingerprint density at radius 3 is 2.76 bits per heavy atom. The maximum atomic E-state index is 12.7. The summed E-state index contributed by atoms with van der Waals surface area (Å²) in [5.41, 5.74) is 0.0678. The van der Waals surface area contributed by atoms with Gasteiger partial charge >= 0.3 is 6.03 Å². The van der Waals surface area contributed by atoms with Crippen LogP contribution < -0.4 is 10.7 Å². The highest BCUT2D eigenvalue weighted by Gasteiger charge is 2.40. The van der Waals surface area contributed by atoms with Gasteiger partial charge in [0.1, 0.15) is 5.58 Å². The summed E-state index contributed by atoms with van der Waals surface area (Å²) in [7, 11) is 0. The third-order valence-electron chi connectivity index (χ3n) is 4.54. The fourth-order valence-electron chi connectivity index (χ4n) is 3.31. The number of hydrogen-bond acceptors (Lipinski definition) is 5. The lowest BCUT2D eigenvalue weighted by Gasteiger charge is -2.21. The molecule has 4 rings (SSSR count). The molecule has 1 aromatic heterocycles. The summed E-state index contributed by atoms with van der Waals surface area (Å²) in [6.45, 7) is 0.606. The Hall–Kier alpha value is -3.16. The average Bonchev–Trinajstić information content (AvgIpc) is 3.21. The minimum atomic E-state index is -0.429. The van der Waals surface area contributed by atoms with Gasteiger partial charge in [0.15, 0.2) is 11.2 Å². The predicted octanol–water partition coefficient (Wildman–Crippen LogP) is 0.559. The molecule has 0 spiro atoms. The Labute approximate surface area is 142 Å². The molecule has 1 aromatic carbocycles. The Kier molecular flexibility index (Phi) is 3.52. The number of nitrogens with zero attached hydrogens (tertiary/aromatic N) is 2. The van der Waals surface area contributed by atoms with Crippen LogP contribution in [0.1, 0.15) is 17.0 Å². The molecule has 128 valence electrons. The summed E-state index contributed by atoms with van der Waals surface area (Å²) in [5.74, 6) is -0.750. The molecular weight excluding hydrogens is 326 g/mol. The molecule has 1 atom stereocenters. The van der Waals surface area contributed by atoms with Crippen molar-refractivity contribution in [1.82, 2.24) is 15.1 Å². The van der Waals surface area contributed by atoms with E-state index in [1.165, 1.54) is 15.9 Å². The lowest BCUT2D eigenvalue weighted by Crippen LogP contribution is -2.43. The molecule has 2 aliphatic rings. The van der Waals surface area contributed by atoms with Crippen molar-refractivity contribution in [3.05, 3.63) is 46.3 Å². The molecule has 1 unspecified atom stereocenters. The maximum absolute atomic E-state index is 12.7. The number of likely N-dealkylation sites (tertiary alicyclic amines) is 1.